The Bertz CT molecular complexity index is 725. The summed E-state index contributed by atoms with van der Waals surface area (Å²) in [5.74, 6) is 0.258. The Morgan fingerprint density at radius 1 is 1.43 bits per heavy atom. The minimum absolute atomic E-state index is 0.00000488. The summed E-state index contributed by atoms with van der Waals surface area (Å²) in [5, 5.41) is 4.00. The van der Waals surface area contributed by atoms with Crippen molar-refractivity contribution in [1.29, 1.82) is 0 Å². The van der Waals surface area contributed by atoms with Crippen molar-refractivity contribution in [3.05, 3.63) is 40.0 Å². The van der Waals surface area contributed by atoms with Crippen molar-refractivity contribution in [3.8, 4) is 11.3 Å². The Hall–Kier alpha value is -1.40. The SMILES string of the molecule is Cc1sc(C2(NC(=O)CCS)CCC2)nc1-c1ccccc1F. The van der Waals surface area contributed by atoms with Crippen molar-refractivity contribution in [3.63, 3.8) is 0 Å². The zero-order valence-corrected chi connectivity index (χ0v) is 14.6. The number of halogens is 1. The Morgan fingerprint density at radius 2 is 2.17 bits per heavy atom. The molecule has 1 amide bonds. The summed E-state index contributed by atoms with van der Waals surface area (Å²) in [6.07, 6.45) is 3.23. The molecule has 0 atom stereocenters. The molecular weight excluding hydrogens is 331 g/mol. The maximum absolute atomic E-state index is 14.1. The number of thiazole rings is 1. The molecule has 0 radical (unpaired) electrons. The Morgan fingerprint density at radius 3 is 2.78 bits per heavy atom. The predicted molar refractivity (Wildman–Crippen MR) is 94.4 cm³/mol. The van der Waals surface area contributed by atoms with Crippen LogP contribution in [0.4, 0.5) is 4.39 Å². The van der Waals surface area contributed by atoms with Gasteiger partial charge < -0.3 is 5.32 Å². The molecule has 1 aliphatic carbocycles. The molecule has 1 N–H and O–H groups in total. The summed E-state index contributed by atoms with van der Waals surface area (Å²) in [5.41, 5.74) is 0.820. The second kappa shape index (κ2) is 6.61. The van der Waals surface area contributed by atoms with Crippen molar-refractivity contribution in [2.24, 2.45) is 0 Å². The fraction of sp³-hybridized carbons (Fsp3) is 0.412. The highest BCUT2D eigenvalue weighted by atomic mass is 32.1. The summed E-state index contributed by atoms with van der Waals surface area (Å²) >= 11 is 5.66. The van der Waals surface area contributed by atoms with Gasteiger partial charge in [0.2, 0.25) is 5.91 Å². The number of amides is 1. The van der Waals surface area contributed by atoms with E-state index in [-0.39, 0.29) is 17.3 Å². The molecule has 122 valence electrons. The molecule has 1 saturated carbocycles. The minimum atomic E-state index is -0.376. The van der Waals surface area contributed by atoms with Gasteiger partial charge in [-0.05, 0) is 44.1 Å². The Kier molecular flexibility index (Phi) is 4.73. The van der Waals surface area contributed by atoms with Gasteiger partial charge in [-0.15, -0.1) is 11.3 Å². The second-order valence-electron chi connectivity index (χ2n) is 5.86. The highest BCUT2D eigenvalue weighted by Gasteiger charge is 2.43. The van der Waals surface area contributed by atoms with Gasteiger partial charge in [-0.3, -0.25) is 4.79 Å². The summed E-state index contributed by atoms with van der Waals surface area (Å²) in [6, 6.07) is 6.67. The standard InChI is InChI=1S/C17H19FN2OS2/c1-11-15(12-5-2-3-6-13(12)18)19-16(23-11)17(8-4-9-17)20-14(21)7-10-22/h2-3,5-6,22H,4,7-10H2,1H3,(H,20,21). The molecule has 0 spiro atoms. The molecule has 0 aliphatic heterocycles. The van der Waals surface area contributed by atoms with Crippen molar-refractivity contribution < 1.29 is 9.18 Å². The zero-order chi connectivity index (χ0) is 16.4. The van der Waals surface area contributed by atoms with Crippen LogP contribution in [0, 0.1) is 12.7 Å². The highest BCUT2D eigenvalue weighted by Crippen LogP contribution is 2.45. The van der Waals surface area contributed by atoms with Crippen LogP contribution in [-0.2, 0) is 10.3 Å². The van der Waals surface area contributed by atoms with Crippen LogP contribution in [0.2, 0.25) is 0 Å². The molecule has 6 heteroatoms. The van der Waals surface area contributed by atoms with Crippen LogP contribution >= 0.6 is 24.0 Å². The molecule has 3 nitrogen and oxygen atoms in total. The molecule has 1 heterocycles. The van der Waals surface area contributed by atoms with Crippen LogP contribution in [0.3, 0.4) is 0 Å². The van der Waals surface area contributed by atoms with E-state index in [0.717, 1.165) is 29.1 Å². The lowest BCUT2D eigenvalue weighted by Gasteiger charge is -2.40. The number of carbonyl (C=O) groups excluding carboxylic acids is 1. The van der Waals surface area contributed by atoms with E-state index in [1.807, 2.05) is 13.0 Å². The maximum Gasteiger partial charge on any atom is 0.221 e. The van der Waals surface area contributed by atoms with Crippen LogP contribution in [0.15, 0.2) is 24.3 Å². The normalized spacial score (nSPS) is 16.0. The predicted octanol–water partition coefficient (Wildman–Crippen LogP) is 4.07. The van der Waals surface area contributed by atoms with Gasteiger partial charge in [0.1, 0.15) is 10.8 Å². The number of nitrogens with zero attached hydrogens (tertiary/aromatic N) is 1. The van der Waals surface area contributed by atoms with E-state index in [1.165, 1.54) is 6.07 Å². The summed E-state index contributed by atoms with van der Waals surface area (Å²) in [6.45, 7) is 1.95. The number of thiol groups is 1. The molecule has 2 aromatic rings. The minimum Gasteiger partial charge on any atom is -0.344 e. The number of hydrogen-bond acceptors (Lipinski definition) is 4. The van der Waals surface area contributed by atoms with E-state index in [9.17, 15) is 9.18 Å². The Balaban J connectivity index is 1.93. The van der Waals surface area contributed by atoms with Crippen LogP contribution in [0.1, 0.15) is 35.6 Å². The average molecular weight is 350 g/mol. The number of nitrogens with one attached hydrogen (secondary N) is 1. The summed E-state index contributed by atoms with van der Waals surface area (Å²) < 4.78 is 14.1. The first-order valence-corrected chi connectivity index (χ1v) is 9.15. The smallest absolute Gasteiger partial charge is 0.221 e. The number of benzene rings is 1. The van der Waals surface area contributed by atoms with Crippen molar-refractivity contribution in [2.45, 2.75) is 38.1 Å². The first kappa shape index (κ1) is 16.5. The number of aromatic nitrogens is 1. The number of carbonyl (C=O) groups is 1. The third-order valence-electron chi connectivity index (χ3n) is 4.26. The van der Waals surface area contributed by atoms with E-state index in [2.05, 4.69) is 17.9 Å². The van der Waals surface area contributed by atoms with Crippen molar-refractivity contribution >= 4 is 29.9 Å². The van der Waals surface area contributed by atoms with Crippen LogP contribution < -0.4 is 5.32 Å². The van der Waals surface area contributed by atoms with E-state index in [1.54, 1.807) is 23.5 Å². The highest BCUT2D eigenvalue weighted by molar-refractivity contribution is 7.80. The largest absolute Gasteiger partial charge is 0.344 e. The number of rotatable bonds is 5. The second-order valence-corrected chi connectivity index (χ2v) is 7.51. The lowest BCUT2D eigenvalue weighted by Crippen LogP contribution is -2.50. The van der Waals surface area contributed by atoms with Crippen LogP contribution in [0.25, 0.3) is 11.3 Å². The molecule has 1 aliphatic rings. The monoisotopic (exact) mass is 350 g/mol. The van der Waals surface area contributed by atoms with Crippen molar-refractivity contribution in [2.75, 3.05) is 5.75 Å². The number of aryl methyl sites for hydroxylation is 1. The molecule has 3 rings (SSSR count). The fourth-order valence-electron chi connectivity index (χ4n) is 2.86. The van der Waals surface area contributed by atoms with Gasteiger partial charge in [0.15, 0.2) is 0 Å². The molecule has 1 aromatic heterocycles. The zero-order valence-electron chi connectivity index (χ0n) is 12.9. The van der Waals surface area contributed by atoms with Gasteiger partial charge >= 0.3 is 0 Å². The first-order valence-electron chi connectivity index (χ1n) is 7.70. The van der Waals surface area contributed by atoms with Crippen LogP contribution in [0.5, 0.6) is 0 Å². The Labute approximate surface area is 144 Å². The molecule has 0 saturated heterocycles. The lowest BCUT2D eigenvalue weighted by molar-refractivity contribution is -0.123. The van der Waals surface area contributed by atoms with E-state index >= 15 is 0 Å². The average Bonchev–Trinajstić information content (AvgIpc) is 2.86. The quantitative estimate of drug-likeness (QED) is 0.798. The first-order chi connectivity index (χ1) is 11.1. The van der Waals surface area contributed by atoms with Gasteiger partial charge in [-0.1, -0.05) is 12.1 Å². The van der Waals surface area contributed by atoms with Gasteiger partial charge in [0.25, 0.3) is 0 Å². The van der Waals surface area contributed by atoms with Gasteiger partial charge in [0, 0.05) is 16.9 Å². The summed E-state index contributed by atoms with van der Waals surface area (Å²) in [7, 11) is 0. The third kappa shape index (κ3) is 3.15. The summed E-state index contributed by atoms with van der Waals surface area (Å²) in [4.78, 5) is 17.7. The molecule has 1 fully saturated rings. The van der Waals surface area contributed by atoms with E-state index < -0.39 is 0 Å². The molecule has 0 bridgehead atoms. The maximum atomic E-state index is 14.1. The molecule has 1 aromatic carbocycles. The molecule has 23 heavy (non-hydrogen) atoms. The van der Waals surface area contributed by atoms with E-state index in [4.69, 9.17) is 4.98 Å². The van der Waals surface area contributed by atoms with Crippen LogP contribution in [-0.4, -0.2) is 16.6 Å². The molecular formula is C17H19FN2OS2. The van der Waals surface area contributed by atoms with E-state index in [0.29, 0.717) is 23.4 Å². The van der Waals surface area contributed by atoms with Gasteiger partial charge in [0.05, 0.1) is 11.2 Å². The molecule has 0 unspecified atom stereocenters. The number of hydrogen-bond donors (Lipinski definition) is 2. The van der Waals surface area contributed by atoms with Gasteiger partial charge in [-0.2, -0.15) is 12.6 Å². The van der Waals surface area contributed by atoms with Crippen molar-refractivity contribution in [1.82, 2.24) is 10.3 Å². The third-order valence-corrected chi connectivity index (χ3v) is 5.66. The lowest BCUT2D eigenvalue weighted by atomic mass is 9.77. The van der Waals surface area contributed by atoms with Gasteiger partial charge in [-0.25, -0.2) is 9.37 Å². The fourth-order valence-corrected chi connectivity index (χ4v) is 4.19. The topological polar surface area (TPSA) is 42.0 Å².